The third-order valence-corrected chi connectivity index (χ3v) is 4.43. The Morgan fingerprint density at radius 1 is 1.31 bits per heavy atom. The molecule has 1 aliphatic carbocycles. The summed E-state index contributed by atoms with van der Waals surface area (Å²) in [6, 6.07) is 6.29. The number of hydrogen-bond donors (Lipinski definition) is 1. The number of hydrogen-bond acceptors (Lipinski definition) is 1. The zero-order chi connectivity index (χ0) is 11.6. The van der Waals surface area contributed by atoms with E-state index in [1.165, 1.54) is 36.8 Å². The summed E-state index contributed by atoms with van der Waals surface area (Å²) in [6.07, 6.45) is 6.28. The quantitative estimate of drug-likeness (QED) is 0.850. The minimum absolute atomic E-state index is 0.309. The molecule has 2 rings (SSSR count). The zero-order valence-corrected chi connectivity index (χ0v) is 10.7. The first-order valence-corrected chi connectivity index (χ1v) is 6.53. The minimum atomic E-state index is 0.309. The molecule has 0 radical (unpaired) electrons. The molecule has 1 aromatic rings. The van der Waals surface area contributed by atoms with Crippen molar-refractivity contribution in [2.75, 3.05) is 6.54 Å². The Balaban J connectivity index is 2.42. The van der Waals surface area contributed by atoms with Gasteiger partial charge in [0, 0.05) is 5.02 Å². The Hall–Kier alpha value is -0.530. The van der Waals surface area contributed by atoms with Crippen LogP contribution in [0.1, 0.15) is 43.2 Å². The Labute approximate surface area is 103 Å². The Morgan fingerprint density at radius 2 is 2.00 bits per heavy atom. The molecule has 0 bridgehead atoms. The first-order chi connectivity index (χ1) is 7.69. The van der Waals surface area contributed by atoms with Crippen molar-refractivity contribution >= 4 is 11.6 Å². The van der Waals surface area contributed by atoms with Gasteiger partial charge in [-0.15, -0.1) is 0 Å². The normalized spacial score (nSPS) is 18.9. The summed E-state index contributed by atoms with van der Waals surface area (Å²) < 4.78 is 0. The van der Waals surface area contributed by atoms with Gasteiger partial charge in [0.05, 0.1) is 0 Å². The van der Waals surface area contributed by atoms with E-state index in [2.05, 4.69) is 19.1 Å². The van der Waals surface area contributed by atoms with Crippen molar-refractivity contribution in [1.82, 2.24) is 0 Å². The molecular weight excluding hydrogens is 218 g/mol. The standard InChI is InChI=1S/C14H20ClN/c1-11-12(5-4-6-13(11)15)14(9-10-16)7-2-3-8-14/h4-6H,2-3,7-10,16H2,1H3. The van der Waals surface area contributed by atoms with Crippen molar-refractivity contribution < 1.29 is 0 Å². The molecule has 0 unspecified atom stereocenters. The lowest BCUT2D eigenvalue weighted by atomic mass is 9.74. The van der Waals surface area contributed by atoms with E-state index in [1.807, 2.05) is 6.07 Å². The topological polar surface area (TPSA) is 26.0 Å². The van der Waals surface area contributed by atoms with Crippen molar-refractivity contribution in [3.05, 3.63) is 34.3 Å². The maximum Gasteiger partial charge on any atom is 0.0438 e. The first kappa shape index (κ1) is 11.9. The lowest BCUT2D eigenvalue weighted by molar-refractivity contribution is 0.410. The summed E-state index contributed by atoms with van der Waals surface area (Å²) in [4.78, 5) is 0. The molecule has 1 aromatic carbocycles. The van der Waals surface area contributed by atoms with Crippen LogP contribution in [0.3, 0.4) is 0 Å². The van der Waals surface area contributed by atoms with E-state index in [1.54, 1.807) is 0 Å². The summed E-state index contributed by atoms with van der Waals surface area (Å²) in [5.41, 5.74) is 8.78. The Morgan fingerprint density at radius 3 is 2.62 bits per heavy atom. The van der Waals surface area contributed by atoms with Crippen LogP contribution in [0.15, 0.2) is 18.2 Å². The molecule has 0 saturated heterocycles. The van der Waals surface area contributed by atoms with Crippen LogP contribution in [-0.4, -0.2) is 6.54 Å². The highest BCUT2D eigenvalue weighted by Gasteiger charge is 2.35. The second-order valence-corrected chi connectivity index (χ2v) is 5.35. The van der Waals surface area contributed by atoms with Gasteiger partial charge in [-0.2, -0.15) is 0 Å². The van der Waals surface area contributed by atoms with E-state index in [-0.39, 0.29) is 0 Å². The Kier molecular flexibility index (Phi) is 3.56. The van der Waals surface area contributed by atoms with Gasteiger partial charge in [0.25, 0.3) is 0 Å². The highest BCUT2D eigenvalue weighted by atomic mass is 35.5. The maximum absolute atomic E-state index is 6.22. The average Bonchev–Trinajstić information content (AvgIpc) is 2.72. The summed E-state index contributed by atoms with van der Waals surface area (Å²) >= 11 is 6.22. The predicted octanol–water partition coefficient (Wildman–Crippen LogP) is 3.81. The molecular formula is C14H20ClN. The molecule has 0 aromatic heterocycles. The molecule has 2 N–H and O–H groups in total. The summed E-state index contributed by atoms with van der Waals surface area (Å²) in [5.74, 6) is 0. The third kappa shape index (κ3) is 1.99. The van der Waals surface area contributed by atoms with E-state index in [0.29, 0.717) is 5.41 Å². The molecule has 1 saturated carbocycles. The van der Waals surface area contributed by atoms with Crippen LogP contribution in [0.5, 0.6) is 0 Å². The zero-order valence-electron chi connectivity index (χ0n) is 9.93. The fourth-order valence-corrected chi connectivity index (χ4v) is 3.34. The van der Waals surface area contributed by atoms with Gasteiger partial charge in [0.1, 0.15) is 0 Å². The smallest absolute Gasteiger partial charge is 0.0438 e. The third-order valence-electron chi connectivity index (χ3n) is 4.02. The molecule has 0 atom stereocenters. The highest BCUT2D eigenvalue weighted by Crippen LogP contribution is 2.45. The molecule has 0 spiro atoms. The van der Waals surface area contributed by atoms with Crippen molar-refractivity contribution in [3.63, 3.8) is 0 Å². The van der Waals surface area contributed by atoms with Gasteiger partial charge in [-0.1, -0.05) is 36.6 Å². The Bertz CT molecular complexity index is 367. The van der Waals surface area contributed by atoms with Crippen molar-refractivity contribution in [3.8, 4) is 0 Å². The lowest BCUT2D eigenvalue weighted by Gasteiger charge is -2.31. The van der Waals surface area contributed by atoms with Crippen LogP contribution < -0.4 is 5.73 Å². The molecule has 88 valence electrons. The van der Waals surface area contributed by atoms with Crippen LogP contribution in [0, 0.1) is 6.92 Å². The summed E-state index contributed by atoms with van der Waals surface area (Å²) in [7, 11) is 0. The molecule has 0 aliphatic heterocycles. The minimum Gasteiger partial charge on any atom is -0.330 e. The molecule has 1 aliphatic rings. The van der Waals surface area contributed by atoms with Crippen LogP contribution in [0.25, 0.3) is 0 Å². The fourth-order valence-electron chi connectivity index (χ4n) is 3.16. The average molecular weight is 238 g/mol. The number of rotatable bonds is 3. The van der Waals surface area contributed by atoms with E-state index in [0.717, 1.165) is 18.0 Å². The second kappa shape index (κ2) is 4.77. The number of halogens is 1. The second-order valence-electron chi connectivity index (χ2n) is 4.94. The van der Waals surface area contributed by atoms with E-state index < -0.39 is 0 Å². The van der Waals surface area contributed by atoms with Crippen molar-refractivity contribution in [2.45, 2.75) is 44.4 Å². The van der Waals surface area contributed by atoms with Gasteiger partial charge < -0.3 is 5.73 Å². The van der Waals surface area contributed by atoms with E-state index >= 15 is 0 Å². The van der Waals surface area contributed by atoms with Gasteiger partial charge in [0.2, 0.25) is 0 Å². The maximum atomic E-state index is 6.22. The van der Waals surface area contributed by atoms with Gasteiger partial charge in [-0.25, -0.2) is 0 Å². The largest absolute Gasteiger partial charge is 0.330 e. The lowest BCUT2D eigenvalue weighted by Crippen LogP contribution is -2.26. The molecule has 2 heteroatoms. The van der Waals surface area contributed by atoms with E-state index in [9.17, 15) is 0 Å². The summed E-state index contributed by atoms with van der Waals surface area (Å²) in [6.45, 7) is 2.90. The van der Waals surface area contributed by atoms with Gasteiger partial charge in [0.15, 0.2) is 0 Å². The first-order valence-electron chi connectivity index (χ1n) is 6.15. The summed E-state index contributed by atoms with van der Waals surface area (Å²) in [5, 5.41) is 0.890. The molecule has 16 heavy (non-hydrogen) atoms. The van der Waals surface area contributed by atoms with Gasteiger partial charge in [-0.05, 0) is 55.3 Å². The van der Waals surface area contributed by atoms with Crippen LogP contribution >= 0.6 is 11.6 Å². The number of nitrogens with two attached hydrogens (primary N) is 1. The van der Waals surface area contributed by atoms with Crippen molar-refractivity contribution in [1.29, 1.82) is 0 Å². The molecule has 0 amide bonds. The van der Waals surface area contributed by atoms with Crippen LogP contribution in [0.2, 0.25) is 5.02 Å². The van der Waals surface area contributed by atoms with Gasteiger partial charge >= 0.3 is 0 Å². The SMILES string of the molecule is Cc1c(Cl)cccc1C1(CCN)CCCC1. The van der Waals surface area contributed by atoms with Crippen molar-refractivity contribution in [2.24, 2.45) is 5.73 Å². The molecule has 1 fully saturated rings. The number of benzene rings is 1. The monoisotopic (exact) mass is 237 g/mol. The molecule has 0 heterocycles. The van der Waals surface area contributed by atoms with Crippen LogP contribution in [-0.2, 0) is 5.41 Å². The van der Waals surface area contributed by atoms with Gasteiger partial charge in [-0.3, -0.25) is 0 Å². The predicted molar refractivity (Wildman–Crippen MR) is 70.0 cm³/mol. The molecule has 1 nitrogen and oxygen atoms in total. The highest BCUT2D eigenvalue weighted by molar-refractivity contribution is 6.31. The van der Waals surface area contributed by atoms with Crippen LogP contribution in [0.4, 0.5) is 0 Å². The van der Waals surface area contributed by atoms with E-state index in [4.69, 9.17) is 17.3 Å². The fraction of sp³-hybridized carbons (Fsp3) is 0.571.